The van der Waals surface area contributed by atoms with E-state index in [-0.39, 0.29) is 11.9 Å². The maximum absolute atomic E-state index is 12.0. The molecule has 1 saturated carbocycles. The Hall–Kier alpha value is -2.43. The fraction of sp³-hybridized carbons (Fsp3) is 0.312. The Kier molecular flexibility index (Phi) is 4.09. The topological polar surface area (TPSA) is 59.8 Å². The van der Waals surface area contributed by atoms with Gasteiger partial charge in [-0.2, -0.15) is 0 Å². The molecule has 1 fully saturated rings. The number of nitrogens with zero attached hydrogens (tertiary/aromatic N) is 3. The molecule has 0 bridgehead atoms. The summed E-state index contributed by atoms with van der Waals surface area (Å²) >= 11 is 0. The third-order valence-electron chi connectivity index (χ3n) is 3.85. The molecule has 5 heteroatoms. The van der Waals surface area contributed by atoms with Crippen LogP contribution >= 0.6 is 0 Å². The van der Waals surface area contributed by atoms with Crippen molar-refractivity contribution in [2.24, 2.45) is 0 Å². The van der Waals surface area contributed by atoms with Crippen molar-refractivity contribution in [3.05, 3.63) is 54.9 Å². The Bertz CT molecular complexity index is 606. The van der Waals surface area contributed by atoms with Gasteiger partial charge in [-0.1, -0.05) is 0 Å². The molecule has 5 nitrogen and oxygen atoms in total. The Morgan fingerprint density at radius 2 is 2.10 bits per heavy atom. The van der Waals surface area contributed by atoms with E-state index in [0.29, 0.717) is 6.04 Å². The van der Waals surface area contributed by atoms with Crippen LogP contribution in [0.5, 0.6) is 0 Å². The van der Waals surface area contributed by atoms with Crippen molar-refractivity contribution in [1.29, 1.82) is 0 Å². The molecule has 1 aliphatic carbocycles. The highest BCUT2D eigenvalue weighted by Crippen LogP contribution is 2.29. The highest BCUT2D eigenvalue weighted by atomic mass is 16.1. The summed E-state index contributed by atoms with van der Waals surface area (Å²) < 4.78 is 2.09. The quantitative estimate of drug-likeness (QED) is 0.875. The lowest BCUT2D eigenvalue weighted by atomic mass is 10.1. The van der Waals surface area contributed by atoms with Crippen molar-refractivity contribution < 1.29 is 4.79 Å². The van der Waals surface area contributed by atoms with Crippen molar-refractivity contribution in [1.82, 2.24) is 19.9 Å². The van der Waals surface area contributed by atoms with Gasteiger partial charge in [0.1, 0.15) is 0 Å². The lowest BCUT2D eigenvalue weighted by Crippen LogP contribution is -2.37. The molecule has 1 N–H and O–H groups in total. The van der Waals surface area contributed by atoms with E-state index in [1.807, 2.05) is 24.7 Å². The van der Waals surface area contributed by atoms with Crippen molar-refractivity contribution in [2.75, 3.05) is 0 Å². The molecule has 108 valence electrons. The summed E-state index contributed by atoms with van der Waals surface area (Å²) in [7, 11) is 0. The van der Waals surface area contributed by atoms with E-state index in [2.05, 4.69) is 19.9 Å². The minimum Gasteiger partial charge on any atom is -0.348 e. The molecule has 2 atom stereocenters. The first kappa shape index (κ1) is 13.5. The van der Waals surface area contributed by atoms with Gasteiger partial charge in [-0.25, -0.2) is 4.98 Å². The second-order valence-corrected chi connectivity index (χ2v) is 5.24. The van der Waals surface area contributed by atoms with Crippen LogP contribution in [-0.2, 0) is 4.79 Å². The summed E-state index contributed by atoms with van der Waals surface area (Å²) in [6.45, 7) is 0. The second kappa shape index (κ2) is 6.35. The zero-order valence-corrected chi connectivity index (χ0v) is 11.7. The second-order valence-electron chi connectivity index (χ2n) is 5.24. The standard InChI is InChI=1S/C16H18N4O/c21-16(5-4-13-6-8-17-9-7-13)19-14-2-1-3-15(14)20-11-10-18-12-20/h4-12,14-15H,1-3H2,(H,19,21)/b5-4+. The van der Waals surface area contributed by atoms with Crippen molar-refractivity contribution in [3.63, 3.8) is 0 Å². The Morgan fingerprint density at radius 1 is 1.24 bits per heavy atom. The Morgan fingerprint density at radius 3 is 2.86 bits per heavy atom. The van der Waals surface area contributed by atoms with Crippen LogP contribution in [-0.4, -0.2) is 26.5 Å². The Labute approximate surface area is 123 Å². The molecule has 1 aliphatic rings. The summed E-state index contributed by atoms with van der Waals surface area (Å²) in [6.07, 6.45) is 15.6. The predicted molar refractivity (Wildman–Crippen MR) is 80.3 cm³/mol. The number of nitrogens with one attached hydrogen (secondary N) is 1. The van der Waals surface area contributed by atoms with Crippen LogP contribution < -0.4 is 5.32 Å². The molecule has 2 unspecified atom stereocenters. The van der Waals surface area contributed by atoms with Crippen LogP contribution in [0.25, 0.3) is 6.08 Å². The molecule has 2 aromatic heterocycles. The summed E-state index contributed by atoms with van der Waals surface area (Å²) in [5, 5.41) is 3.10. The van der Waals surface area contributed by atoms with Crippen molar-refractivity contribution in [2.45, 2.75) is 31.3 Å². The molecule has 0 aliphatic heterocycles. The van der Waals surface area contributed by atoms with E-state index in [4.69, 9.17) is 0 Å². The summed E-state index contributed by atoms with van der Waals surface area (Å²) in [6, 6.07) is 4.22. The van der Waals surface area contributed by atoms with Crippen LogP contribution in [0.15, 0.2) is 49.3 Å². The maximum Gasteiger partial charge on any atom is 0.244 e. The van der Waals surface area contributed by atoms with Crippen LogP contribution in [0.3, 0.4) is 0 Å². The molecular formula is C16H18N4O. The van der Waals surface area contributed by atoms with E-state index in [0.717, 1.165) is 24.8 Å². The van der Waals surface area contributed by atoms with E-state index >= 15 is 0 Å². The van der Waals surface area contributed by atoms with Gasteiger partial charge in [-0.3, -0.25) is 9.78 Å². The average molecular weight is 282 g/mol. The number of imidazole rings is 1. The van der Waals surface area contributed by atoms with Crippen LogP contribution in [0.4, 0.5) is 0 Å². The molecule has 21 heavy (non-hydrogen) atoms. The first-order valence-corrected chi connectivity index (χ1v) is 7.19. The lowest BCUT2D eigenvalue weighted by Gasteiger charge is -2.21. The number of hydrogen-bond acceptors (Lipinski definition) is 3. The number of carbonyl (C=O) groups excluding carboxylic acids is 1. The van der Waals surface area contributed by atoms with Crippen molar-refractivity contribution in [3.8, 4) is 0 Å². The van der Waals surface area contributed by atoms with Gasteiger partial charge in [0, 0.05) is 36.9 Å². The van der Waals surface area contributed by atoms with Crippen LogP contribution in [0.1, 0.15) is 30.9 Å². The van der Waals surface area contributed by atoms with Gasteiger partial charge < -0.3 is 9.88 Å². The third-order valence-corrected chi connectivity index (χ3v) is 3.85. The lowest BCUT2D eigenvalue weighted by molar-refractivity contribution is -0.117. The van der Waals surface area contributed by atoms with E-state index in [9.17, 15) is 4.79 Å². The number of carbonyl (C=O) groups is 1. The minimum atomic E-state index is -0.0520. The van der Waals surface area contributed by atoms with Gasteiger partial charge >= 0.3 is 0 Å². The van der Waals surface area contributed by atoms with Crippen LogP contribution in [0.2, 0.25) is 0 Å². The molecule has 1 amide bonds. The first-order valence-electron chi connectivity index (χ1n) is 7.19. The zero-order valence-electron chi connectivity index (χ0n) is 11.7. The molecule has 0 aromatic carbocycles. The highest BCUT2D eigenvalue weighted by molar-refractivity contribution is 5.91. The molecular weight excluding hydrogens is 264 g/mol. The van der Waals surface area contributed by atoms with E-state index < -0.39 is 0 Å². The summed E-state index contributed by atoms with van der Waals surface area (Å²) in [4.78, 5) is 20.1. The molecule has 0 saturated heterocycles. The fourth-order valence-corrected chi connectivity index (χ4v) is 2.81. The predicted octanol–water partition coefficient (Wildman–Crippen LogP) is 2.20. The SMILES string of the molecule is O=C(/C=C/c1ccncc1)NC1CCCC1n1ccnc1. The fourth-order valence-electron chi connectivity index (χ4n) is 2.81. The maximum atomic E-state index is 12.0. The summed E-state index contributed by atoms with van der Waals surface area (Å²) in [5.41, 5.74) is 0.970. The summed E-state index contributed by atoms with van der Waals surface area (Å²) in [5.74, 6) is -0.0520. The number of rotatable bonds is 4. The van der Waals surface area contributed by atoms with Gasteiger partial charge in [0.25, 0.3) is 0 Å². The average Bonchev–Trinajstić information content (AvgIpc) is 3.17. The smallest absolute Gasteiger partial charge is 0.244 e. The normalized spacial score (nSPS) is 21.7. The number of aromatic nitrogens is 3. The van der Waals surface area contributed by atoms with Crippen LogP contribution in [0, 0.1) is 0 Å². The van der Waals surface area contributed by atoms with Gasteiger partial charge in [-0.15, -0.1) is 0 Å². The third kappa shape index (κ3) is 3.37. The van der Waals surface area contributed by atoms with Crippen molar-refractivity contribution >= 4 is 12.0 Å². The number of hydrogen-bond donors (Lipinski definition) is 1. The molecule has 2 aromatic rings. The molecule has 2 heterocycles. The van der Waals surface area contributed by atoms with E-state index in [1.54, 1.807) is 30.7 Å². The highest BCUT2D eigenvalue weighted by Gasteiger charge is 2.28. The first-order chi connectivity index (χ1) is 10.3. The minimum absolute atomic E-state index is 0.0520. The van der Waals surface area contributed by atoms with Gasteiger partial charge in [0.2, 0.25) is 5.91 Å². The molecule has 0 radical (unpaired) electrons. The van der Waals surface area contributed by atoms with E-state index in [1.165, 1.54) is 0 Å². The zero-order chi connectivity index (χ0) is 14.5. The molecule has 0 spiro atoms. The van der Waals surface area contributed by atoms with Gasteiger partial charge in [0.05, 0.1) is 12.4 Å². The largest absolute Gasteiger partial charge is 0.348 e. The number of amides is 1. The Balaban J connectivity index is 1.61. The number of pyridine rings is 1. The monoisotopic (exact) mass is 282 g/mol. The van der Waals surface area contributed by atoms with Gasteiger partial charge in [-0.05, 0) is 43.0 Å². The molecule has 3 rings (SSSR count). The van der Waals surface area contributed by atoms with Gasteiger partial charge in [0.15, 0.2) is 0 Å².